The Morgan fingerprint density at radius 2 is 1.85 bits per heavy atom. The van der Waals surface area contributed by atoms with Gasteiger partial charge >= 0.3 is 6.03 Å². The van der Waals surface area contributed by atoms with Crippen LogP contribution in [0.1, 0.15) is 11.3 Å². The predicted octanol–water partition coefficient (Wildman–Crippen LogP) is 3.07. The largest absolute Gasteiger partial charge is 0.495 e. The number of nitrogens with zero attached hydrogens (tertiary/aromatic N) is 2. The third kappa shape index (κ3) is 1.92. The smallest absolute Gasteiger partial charge is 0.332 e. The third-order valence-electron chi connectivity index (χ3n) is 5.27. The summed E-state index contributed by atoms with van der Waals surface area (Å²) in [4.78, 5) is 32.4. The van der Waals surface area contributed by atoms with E-state index in [-0.39, 0.29) is 11.9 Å². The summed E-state index contributed by atoms with van der Waals surface area (Å²) in [6.45, 7) is 0.408. The van der Waals surface area contributed by atoms with Crippen molar-refractivity contribution < 1.29 is 14.3 Å². The number of aromatic amines is 1. The highest BCUT2D eigenvalue weighted by Crippen LogP contribution is 2.38. The van der Waals surface area contributed by atoms with Crippen LogP contribution in [0.4, 0.5) is 10.5 Å². The van der Waals surface area contributed by atoms with Crippen molar-refractivity contribution in [2.24, 2.45) is 0 Å². The van der Waals surface area contributed by atoms with Gasteiger partial charge in [0.25, 0.3) is 5.91 Å². The maximum Gasteiger partial charge on any atom is 0.332 e. The number of ether oxygens (including phenoxy) is 1. The second-order valence-corrected chi connectivity index (χ2v) is 6.60. The Hall–Kier alpha value is -3.28. The SMILES string of the molecule is COc1ccccc1N1C(=O)[C@@H]2Cc3c([nH]c4ccccc34)CN2C1=O. The first-order valence-electron chi connectivity index (χ1n) is 8.55. The van der Waals surface area contributed by atoms with Gasteiger partial charge in [0.05, 0.1) is 19.3 Å². The topological polar surface area (TPSA) is 65.6 Å². The van der Waals surface area contributed by atoms with Gasteiger partial charge in [0.15, 0.2) is 0 Å². The van der Waals surface area contributed by atoms with Crippen LogP contribution < -0.4 is 9.64 Å². The van der Waals surface area contributed by atoms with Crippen LogP contribution in [0.5, 0.6) is 5.75 Å². The molecule has 1 fully saturated rings. The van der Waals surface area contributed by atoms with Gasteiger partial charge in [-0.15, -0.1) is 0 Å². The molecule has 0 saturated carbocycles. The molecule has 0 aliphatic carbocycles. The fourth-order valence-electron chi connectivity index (χ4n) is 4.04. The van der Waals surface area contributed by atoms with E-state index in [9.17, 15) is 9.59 Å². The van der Waals surface area contributed by atoms with Crippen LogP contribution in [-0.4, -0.2) is 35.0 Å². The number of rotatable bonds is 2. The molecule has 3 aromatic rings. The number of fused-ring (bicyclic) bond motifs is 4. The van der Waals surface area contributed by atoms with Gasteiger partial charge in [-0.1, -0.05) is 30.3 Å². The molecule has 1 N–H and O–H groups in total. The minimum atomic E-state index is -0.473. The van der Waals surface area contributed by atoms with Gasteiger partial charge < -0.3 is 14.6 Å². The minimum absolute atomic E-state index is 0.199. The zero-order valence-corrected chi connectivity index (χ0v) is 14.2. The minimum Gasteiger partial charge on any atom is -0.495 e. The van der Waals surface area contributed by atoms with Gasteiger partial charge in [0, 0.05) is 23.0 Å². The van der Waals surface area contributed by atoms with E-state index >= 15 is 0 Å². The van der Waals surface area contributed by atoms with Crippen LogP contribution in [0.2, 0.25) is 0 Å². The summed E-state index contributed by atoms with van der Waals surface area (Å²) < 4.78 is 5.34. The summed E-state index contributed by atoms with van der Waals surface area (Å²) >= 11 is 0. The molecule has 2 aliphatic heterocycles. The molecule has 0 bridgehead atoms. The number of nitrogens with one attached hydrogen (secondary N) is 1. The molecule has 5 rings (SSSR count). The highest BCUT2D eigenvalue weighted by atomic mass is 16.5. The normalized spacial score (nSPS) is 19.0. The number of aromatic nitrogens is 1. The number of urea groups is 1. The Morgan fingerprint density at radius 3 is 2.69 bits per heavy atom. The number of benzene rings is 2. The molecular weight excluding hydrogens is 330 g/mol. The maximum absolute atomic E-state index is 13.1. The van der Waals surface area contributed by atoms with Crippen LogP contribution in [0.15, 0.2) is 48.5 Å². The first-order valence-corrected chi connectivity index (χ1v) is 8.55. The van der Waals surface area contributed by atoms with Gasteiger partial charge in [-0.25, -0.2) is 9.69 Å². The molecule has 1 aromatic heterocycles. The zero-order chi connectivity index (χ0) is 17.8. The van der Waals surface area contributed by atoms with Gasteiger partial charge in [-0.2, -0.15) is 0 Å². The van der Waals surface area contributed by atoms with Crippen molar-refractivity contribution in [1.82, 2.24) is 9.88 Å². The highest BCUT2D eigenvalue weighted by molar-refractivity contribution is 6.22. The van der Waals surface area contributed by atoms with Crippen LogP contribution in [0.3, 0.4) is 0 Å². The van der Waals surface area contributed by atoms with Crippen molar-refractivity contribution in [1.29, 1.82) is 0 Å². The number of carbonyl (C=O) groups excluding carboxylic acids is 2. The second-order valence-electron chi connectivity index (χ2n) is 6.60. The first kappa shape index (κ1) is 15.0. The molecule has 2 aromatic carbocycles. The van der Waals surface area contributed by atoms with Crippen molar-refractivity contribution in [3.63, 3.8) is 0 Å². The summed E-state index contributed by atoms with van der Waals surface area (Å²) in [5.74, 6) is 0.313. The van der Waals surface area contributed by atoms with E-state index in [1.165, 1.54) is 12.0 Å². The van der Waals surface area contributed by atoms with Crippen molar-refractivity contribution in [2.75, 3.05) is 12.0 Å². The van der Waals surface area contributed by atoms with E-state index < -0.39 is 6.04 Å². The summed E-state index contributed by atoms with van der Waals surface area (Å²) in [6, 6.07) is 14.4. The molecule has 0 radical (unpaired) electrons. The molecule has 3 amide bonds. The summed E-state index contributed by atoms with van der Waals surface area (Å²) in [7, 11) is 1.54. The van der Waals surface area contributed by atoms with Crippen molar-refractivity contribution in [3.8, 4) is 5.75 Å². The molecule has 0 spiro atoms. The van der Waals surface area contributed by atoms with Crippen LogP contribution >= 0.6 is 0 Å². The van der Waals surface area contributed by atoms with Crippen LogP contribution in [0, 0.1) is 0 Å². The number of methoxy groups -OCH3 is 1. The van der Waals surface area contributed by atoms with Crippen molar-refractivity contribution in [2.45, 2.75) is 19.0 Å². The lowest BCUT2D eigenvalue weighted by molar-refractivity contribution is -0.120. The summed E-state index contributed by atoms with van der Waals surface area (Å²) in [5, 5.41) is 1.12. The standard InChI is InChI=1S/C20H17N3O3/c1-26-18-9-5-4-8-16(18)23-19(24)17-10-13-12-6-2-3-7-14(12)21-15(13)11-22(17)20(23)25/h2-9,17,21H,10-11H2,1H3/t17-/m0/s1. The summed E-state index contributed by atoms with van der Waals surface area (Å²) in [5.41, 5.74) is 3.67. The number of carbonyl (C=O) groups is 2. The molecule has 1 atom stereocenters. The zero-order valence-electron chi connectivity index (χ0n) is 14.2. The van der Waals surface area contributed by atoms with E-state index in [1.807, 2.05) is 24.3 Å². The lowest BCUT2D eigenvalue weighted by Gasteiger charge is -2.26. The average Bonchev–Trinajstić information content (AvgIpc) is 3.15. The molecule has 2 aliphatic rings. The Balaban J connectivity index is 1.57. The van der Waals surface area contributed by atoms with E-state index in [0.29, 0.717) is 24.4 Å². The quantitative estimate of drug-likeness (QED) is 0.725. The van der Waals surface area contributed by atoms with Crippen molar-refractivity contribution >= 4 is 28.5 Å². The van der Waals surface area contributed by atoms with E-state index in [4.69, 9.17) is 4.74 Å². The van der Waals surface area contributed by atoms with Gasteiger partial charge in [0.1, 0.15) is 11.8 Å². The summed E-state index contributed by atoms with van der Waals surface area (Å²) in [6.07, 6.45) is 0.523. The highest BCUT2D eigenvalue weighted by Gasteiger charge is 2.49. The fourth-order valence-corrected chi connectivity index (χ4v) is 4.04. The molecule has 6 heteroatoms. The number of anilines is 1. The predicted molar refractivity (Wildman–Crippen MR) is 97.2 cm³/mol. The molecular formula is C20H17N3O3. The van der Waals surface area contributed by atoms with E-state index in [0.717, 1.165) is 22.2 Å². The number of hydrogen-bond donors (Lipinski definition) is 1. The molecule has 3 heterocycles. The third-order valence-corrected chi connectivity index (χ3v) is 5.27. The number of H-pyrrole nitrogens is 1. The Morgan fingerprint density at radius 1 is 1.08 bits per heavy atom. The lowest BCUT2D eigenvalue weighted by Crippen LogP contribution is -2.39. The Kier molecular flexibility index (Phi) is 3.09. The number of hydrogen-bond acceptors (Lipinski definition) is 3. The number of amides is 3. The van der Waals surface area contributed by atoms with Crippen LogP contribution in [-0.2, 0) is 17.8 Å². The van der Waals surface area contributed by atoms with Crippen molar-refractivity contribution in [3.05, 3.63) is 59.8 Å². The Bertz CT molecular complexity index is 1060. The Labute approximate surface area is 150 Å². The molecule has 0 unspecified atom stereocenters. The second kappa shape index (κ2) is 5.36. The van der Waals surface area contributed by atoms with E-state index in [2.05, 4.69) is 11.1 Å². The molecule has 26 heavy (non-hydrogen) atoms. The average molecular weight is 347 g/mol. The monoisotopic (exact) mass is 347 g/mol. The number of imide groups is 1. The fraction of sp³-hybridized carbons (Fsp3) is 0.200. The maximum atomic E-state index is 13.1. The van der Waals surface area contributed by atoms with Gasteiger partial charge in [-0.3, -0.25) is 4.79 Å². The van der Waals surface area contributed by atoms with E-state index in [1.54, 1.807) is 23.1 Å². The molecule has 6 nitrogen and oxygen atoms in total. The van der Waals surface area contributed by atoms with Gasteiger partial charge in [0.2, 0.25) is 0 Å². The van der Waals surface area contributed by atoms with Crippen LogP contribution in [0.25, 0.3) is 10.9 Å². The molecule has 130 valence electrons. The van der Waals surface area contributed by atoms with Gasteiger partial charge in [-0.05, 0) is 23.8 Å². The first-order chi connectivity index (χ1) is 12.7. The molecule has 1 saturated heterocycles. The number of para-hydroxylation sites is 3. The lowest BCUT2D eigenvalue weighted by atomic mass is 9.97.